The maximum atomic E-state index is 12.6. The number of ether oxygens (including phenoxy) is 1. The van der Waals surface area contributed by atoms with Crippen LogP contribution in [0.2, 0.25) is 0 Å². The Morgan fingerprint density at radius 3 is 2.39 bits per heavy atom. The second-order valence-corrected chi connectivity index (χ2v) is 12.3. The Morgan fingerprint density at radius 2 is 1.71 bits per heavy atom. The molecule has 0 radical (unpaired) electrons. The van der Waals surface area contributed by atoms with Gasteiger partial charge in [-0.2, -0.15) is 4.98 Å². The first-order valence-corrected chi connectivity index (χ1v) is 14.9. The molecule has 1 saturated carbocycles. The quantitative estimate of drug-likeness (QED) is 0.314. The summed E-state index contributed by atoms with van der Waals surface area (Å²) in [6.45, 7) is 8.32. The van der Waals surface area contributed by atoms with E-state index in [0.717, 1.165) is 55.5 Å². The lowest BCUT2D eigenvalue weighted by Crippen LogP contribution is -2.50. The van der Waals surface area contributed by atoms with Crippen molar-refractivity contribution in [1.29, 1.82) is 0 Å². The predicted octanol–water partition coefficient (Wildman–Crippen LogP) is 6.04. The van der Waals surface area contributed by atoms with Gasteiger partial charge in [0, 0.05) is 55.2 Å². The lowest BCUT2D eigenvalue weighted by atomic mass is 9.96. The molecule has 3 N–H and O–H groups in total. The molecule has 0 unspecified atom stereocenters. The molecule has 0 bridgehead atoms. The molecule has 3 heterocycles. The molecule has 3 amide bonds. The van der Waals surface area contributed by atoms with Crippen LogP contribution in [-0.4, -0.2) is 69.8 Å². The van der Waals surface area contributed by atoms with Crippen LogP contribution in [0.25, 0.3) is 11.0 Å². The van der Waals surface area contributed by atoms with Gasteiger partial charge in [0.1, 0.15) is 5.60 Å². The number of nitrogens with one attached hydrogen (secondary N) is 3. The van der Waals surface area contributed by atoms with Gasteiger partial charge in [0.05, 0.1) is 4.47 Å². The van der Waals surface area contributed by atoms with E-state index in [2.05, 4.69) is 51.7 Å². The number of hydrogen-bond acceptors (Lipinski definition) is 8. The third-order valence-corrected chi connectivity index (χ3v) is 7.72. The lowest BCUT2D eigenvalue weighted by molar-refractivity contribution is 0.0240. The van der Waals surface area contributed by atoms with Gasteiger partial charge in [-0.05, 0) is 79.9 Å². The molecule has 1 saturated heterocycles. The van der Waals surface area contributed by atoms with Crippen LogP contribution < -0.4 is 20.9 Å². The molecule has 5 rings (SSSR count). The highest BCUT2D eigenvalue weighted by Gasteiger charge is 2.26. The van der Waals surface area contributed by atoms with Gasteiger partial charge < -0.3 is 25.2 Å². The van der Waals surface area contributed by atoms with Crippen molar-refractivity contribution >= 4 is 62.2 Å². The second kappa shape index (κ2) is 12.5. The molecule has 1 aliphatic carbocycles. The van der Waals surface area contributed by atoms with E-state index >= 15 is 0 Å². The van der Waals surface area contributed by atoms with Gasteiger partial charge in [0.15, 0.2) is 11.5 Å². The number of piperazine rings is 1. The summed E-state index contributed by atoms with van der Waals surface area (Å²) >= 11 is 3.50. The Labute approximate surface area is 248 Å². The van der Waals surface area contributed by atoms with Crippen molar-refractivity contribution in [3.8, 4) is 0 Å². The van der Waals surface area contributed by atoms with Gasteiger partial charge in [-0.1, -0.05) is 19.3 Å². The van der Waals surface area contributed by atoms with E-state index < -0.39 is 5.60 Å². The highest BCUT2D eigenvalue weighted by atomic mass is 79.9. The summed E-state index contributed by atoms with van der Waals surface area (Å²) < 4.78 is 6.16. The van der Waals surface area contributed by atoms with Gasteiger partial charge in [-0.15, -0.1) is 0 Å². The molecule has 1 aliphatic heterocycles. The van der Waals surface area contributed by atoms with Crippen LogP contribution >= 0.6 is 15.9 Å². The number of benzene rings is 1. The van der Waals surface area contributed by atoms with Crippen LogP contribution in [0.1, 0.15) is 52.9 Å². The molecule has 218 valence electrons. The number of anilines is 4. The van der Waals surface area contributed by atoms with Crippen molar-refractivity contribution in [2.75, 3.05) is 41.7 Å². The number of fused-ring (bicyclic) bond motifs is 1. The zero-order valence-electron chi connectivity index (χ0n) is 23.7. The summed E-state index contributed by atoms with van der Waals surface area (Å²) in [7, 11) is 0. The number of carbonyl (C=O) groups is 2. The molecule has 2 aliphatic rings. The highest BCUT2D eigenvalue weighted by Crippen LogP contribution is 2.26. The molecule has 0 atom stereocenters. The van der Waals surface area contributed by atoms with Crippen molar-refractivity contribution in [2.45, 2.75) is 64.5 Å². The fraction of sp³-hybridized carbons (Fsp3) is 0.483. The number of pyridine rings is 1. The Bertz CT molecular complexity index is 1380. The minimum Gasteiger partial charge on any atom is -0.444 e. The predicted molar refractivity (Wildman–Crippen MR) is 164 cm³/mol. The van der Waals surface area contributed by atoms with Gasteiger partial charge in [0.25, 0.3) is 0 Å². The van der Waals surface area contributed by atoms with Crippen molar-refractivity contribution in [2.24, 2.45) is 0 Å². The zero-order chi connectivity index (χ0) is 29.0. The van der Waals surface area contributed by atoms with Gasteiger partial charge in [-0.3, -0.25) is 5.32 Å². The Morgan fingerprint density at radius 1 is 1.00 bits per heavy atom. The molecule has 1 aromatic carbocycles. The van der Waals surface area contributed by atoms with E-state index in [1.807, 2.05) is 51.1 Å². The fourth-order valence-corrected chi connectivity index (χ4v) is 5.45. The van der Waals surface area contributed by atoms with E-state index in [4.69, 9.17) is 4.74 Å². The van der Waals surface area contributed by atoms with E-state index in [0.29, 0.717) is 35.0 Å². The molecule has 2 aromatic heterocycles. The number of halogens is 1. The Balaban J connectivity index is 1.19. The fourth-order valence-electron chi connectivity index (χ4n) is 5.02. The van der Waals surface area contributed by atoms with Gasteiger partial charge >= 0.3 is 12.1 Å². The molecular formula is C29H37BrN8O3. The Kier molecular flexibility index (Phi) is 8.77. The largest absolute Gasteiger partial charge is 0.444 e. The number of carbonyl (C=O) groups excluding carboxylic acids is 2. The average Bonchev–Trinajstić information content (AvgIpc) is 2.94. The van der Waals surface area contributed by atoms with Crippen LogP contribution in [0.3, 0.4) is 0 Å². The maximum Gasteiger partial charge on any atom is 0.410 e. The van der Waals surface area contributed by atoms with Crippen molar-refractivity contribution in [3.63, 3.8) is 0 Å². The maximum absolute atomic E-state index is 12.6. The molecule has 3 aromatic rings. The first-order chi connectivity index (χ1) is 19.6. The molecule has 2 fully saturated rings. The average molecular weight is 626 g/mol. The first kappa shape index (κ1) is 28.8. The van der Waals surface area contributed by atoms with Crippen LogP contribution in [0, 0.1) is 0 Å². The zero-order valence-corrected chi connectivity index (χ0v) is 25.3. The van der Waals surface area contributed by atoms with Crippen LogP contribution in [0.5, 0.6) is 0 Å². The van der Waals surface area contributed by atoms with E-state index in [9.17, 15) is 9.59 Å². The minimum absolute atomic E-state index is 0.203. The monoisotopic (exact) mass is 624 g/mol. The number of urea groups is 1. The molecule has 0 spiro atoms. The minimum atomic E-state index is -0.497. The van der Waals surface area contributed by atoms with Crippen LogP contribution in [-0.2, 0) is 4.74 Å². The highest BCUT2D eigenvalue weighted by molar-refractivity contribution is 9.10. The van der Waals surface area contributed by atoms with Gasteiger partial charge in [0.2, 0.25) is 5.95 Å². The molecule has 11 nitrogen and oxygen atoms in total. The number of aromatic nitrogens is 3. The van der Waals surface area contributed by atoms with Crippen molar-refractivity contribution in [1.82, 2.24) is 25.2 Å². The van der Waals surface area contributed by atoms with E-state index in [1.54, 1.807) is 11.1 Å². The normalized spacial score (nSPS) is 16.4. The number of hydrogen-bond donors (Lipinski definition) is 3. The third-order valence-electron chi connectivity index (χ3n) is 7.11. The van der Waals surface area contributed by atoms with Gasteiger partial charge in [-0.25, -0.2) is 19.6 Å². The summed E-state index contributed by atoms with van der Waals surface area (Å²) in [4.78, 5) is 42.5. The lowest BCUT2D eigenvalue weighted by Gasteiger charge is -2.36. The summed E-state index contributed by atoms with van der Waals surface area (Å²) in [5.41, 5.74) is 1.89. The number of rotatable bonds is 5. The topological polar surface area (TPSA) is 125 Å². The van der Waals surface area contributed by atoms with E-state index in [-0.39, 0.29) is 18.2 Å². The summed E-state index contributed by atoms with van der Waals surface area (Å²) in [6.07, 6.45) is 6.97. The van der Waals surface area contributed by atoms with Crippen LogP contribution in [0.15, 0.2) is 41.0 Å². The second-order valence-electron chi connectivity index (χ2n) is 11.5. The molecule has 41 heavy (non-hydrogen) atoms. The van der Waals surface area contributed by atoms with E-state index in [1.165, 1.54) is 6.42 Å². The third kappa shape index (κ3) is 7.75. The smallest absolute Gasteiger partial charge is 0.410 e. The molecule has 12 heteroatoms. The molecular weight excluding hydrogens is 588 g/mol. The number of amides is 3. The summed E-state index contributed by atoms with van der Waals surface area (Å²) in [5, 5.41) is 9.89. The summed E-state index contributed by atoms with van der Waals surface area (Å²) in [6, 6.07) is 9.81. The van der Waals surface area contributed by atoms with Crippen LogP contribution in [0.4, 0.5) is 32.7 Å². The standard InChI is InChI=1S/C29H37BrN8O3/c1-29(2,3)41-28(40)38-15-13-37(14-16-38)22-11-9-21(10-12-22)32-26-31-18-19-17-23(30)25(34-24(19)35-26)36-27(39)33-20-7-5-4-6-8-20/h9-12,17-18,20H,4-8,13-16H2,1-3H3,(H3,31,32,33,34,35,36,39). The van der Waals surface area contributed by atoms with Crippen molar-refractivity contribution < 1.29 is 14.3 Å². The Hall–Kier alpha value is -3.67. The summed E-state index contributed by atoms with van der Waals surface area (Å²) in [5.74, 6) is 0.815. The SMILES string of the molecule is CC(C)(C)OC(=O)N1CCN(c2ccc(Nc3ncc4cc(Br)c(NC(=O)NC5CCCCC5)nc4n3)cc2)CC1. The number of nitrogens with zero attached hydrogens (tertiary/aromatic N) is 5. The first-order valence-electron chi connectivity index (χ1n) is 14.1. The van der Waals surface area contributed by atoms with Crippen molar-refractivity contribution in [3.05, 3.63) is 41.0 Å².